The van der Waals surface area contributed by atoms with Crippen LogP contribution in [0.4, 0.5) is 0 Å². The molecule has 4 aromatic rings. The Morgan fingerprint density at radius 2 is 1.81 bits per heavy atom. The van der Waals surface area contributed by atoms with Gasteiger partial charge in [-0.2, -0.15) is 0 Å². The van der Waals surface area contributed by atoms with Crippen molar-refractivity contribution in [3.05, 3.63) is 81.1 Å². The van der Waals surface area contributed by atoms with Crippen LogP contribution in [0, 0.1) is 0 Å². The topological polar surface area (TPSA) is 66.1 Å². The Bertz CT molecular complexity index is 1250. The molecule has 130 valence electrons. The van der Waals surface area contributed by atoms with Crippen molar-refractivity contribution in [2.75, 3.05) is 7.11 Å². The smallest absolute Gasteiger partial charge is 0.332 e. The average Bonchev–Trinajstić information content (AvgIpc) is 2.69. The van der Waals surface area contributed by atoms with Crippen LogP contribution >= 0.6 is 0 Å². The molecule has 0 saturated carbocycles. The highest BCUT2D eigenvalue weighted by Gasteiger charge is 2.16. The first-order chi connectivity index (χ1) is 12.6. The molecule has 2 aromatic heterocycles. The zero-order valence-corrected chi connectivity index (χ0v) is 14.5. The highest BCUT2D eigenvalue weighted by Crippen LogP contribution is 2.20. The Hall–Kier alpha value is -3.41. The molecule has 6 nitrogen and oxygen atoms in total. The fourth-order valence-electron chi connectivity index (χ4n) is 3.29. The van der Waals surface area contributed by atoms with E-state index in [4.69, 9.17) is 4.74 Å². The van der Waals surface area contributed by atoms with Gasteiger partial charge in [-0.1, -0.05) is 42.5 Å². The van der Waals surface area contributed by atoms with Gasteiger partial charge in [-0.3, -0.25) is 13.9 Å². The number of aryl methyl sites for hydroxylation is 1. The molecule has 0 unspecified atom stereocenters. The summed E-state index contributed by atoms with van der Waals surface area (Å²) in [7, 11) is 3.10. The van der Waals surface area contributed by atoms with E-state index >= 15 is 0 Å². The molecule has 4 rings (SSSR count). The Balaban J connectivity index is 2.00. The van der Waals surface area contributed by atoms with Crippen molar-refractivity contribution in [3.8, 4) is 5.75 Å². The molecule has 2 aromatic carbocycles. The summed E-state index contributed by atoms with van der Waals surface area (Å²) in [5, 5.41) is 2.38. The molecule has 0 aliphatic heterocycles. The standard InChI is InChI=1S/C20H17N3O3/c1-22-18-17(16(26-2)10-11-21-18)19(24)23(20(22)25)12-14-8-5-7-13-6-3-4-9-15(13)14/h3-11H,12H2,1-2H3. The largest absolute Gasteiger partial charge is 0.496 e. The second-order valence-corrected chi connectivity index (χ2v) is 6.08. The van der Waals surface area contributed by atoms with Crippen LogP contribution in [-0.2, 0) is 13.6 Å². The molecular weight excluding hydrogens is 330 g/mol. The third-order valence-electron chi connectivity index (χ3n) is 4.62. The molecule has 0 saturated heterocycles. The summed E-state index contributed by atoms with van der Waals surface area (Å²) in [5.41, 5.74) is 0.412. The lowest BCUT2D eigenvalue weighted by molar-refractivity contribution is 0.418. The van der Waals surface area contributed by atoms with Gasteiger partial charge in [-0.05, 0) is 22.4 Å². The quantitative estimate of drug-likeness (QED) is 0.570. The molecule has 6 heteroatoms. The third-order valence-corrected chi connectivity index (χ3v) is 4.62. The first-order valence-electron chi connectivity index (χ1n) is 8.21. The predicted molar refractivity (Wildman–Crippen MR) is 101 cm³/mol. The van der Waals surface area contributed by atoms with Gasteiger partial charge in [0, 0.05) is 13.2 Å². The lowest BCUT2D eigenvalue weighted by Gasteiger charge is -2.13. The van der Waals surface area contributed by atoms with E-state index in [1.807, 2.05) is 42.5 Å². The molecule has 0 aliphatic rings. The number of aromatic nitrogens is 3. The number of fused-ring (bicyclic) bond motifs is 2. The van der Waals surface area contributed by atoms with E-state index in [0.29, 0.717) is 16.8 Å². The van der Waals surface area contributed by atoms with Crippen LogP contribution in [0.25, 0.3) is 21.8 Å². The van der Waals surface area contributed by atoms with E-state index in [2.05, 4.69) is 4.98 Å². The number of rotatable bonds is 3. The molecule has 0 bridgehead atoms. The van der Waals surface area contributed by atoms with Gasteiger partial charge in [-0.25, -0.2) is 9.78 Å². The van der Waals surface area contributed by atoms with Gasteiger partial charge in [0.2, 0.25) is 0 Å². The lowest BCUT2D eigenvalue weighted by atomic mass is 10.0. The van der Waals surface area contributed by atoms with Crippen molar-refractivity contribution in [1.29, 1.82) is 0 Å². The van der Waals surface area contributed by atoms with Gasteiger partial charge in [-0.15, -0.1) is 0 Å². The van der Waals surface area contributed by atoms with Gasteiger partial charge < -0.3 is 4.74 Å². The van der Waals surface area contributed by atoms with Crippen LogP contribution in [0.1, 0.15) is 5.56 Å². The summed E-state index contributed by atoms with van der Waals surface area (Å²) in [6.07, 6.45) is 1.52. The maximum atomic E-state index is 13.1. The van der Waals surface area contributed by atoms with Crippen molar-refractivity contribution >= 4 is 21.8 Å². The molecule has 0 atom stereocenters. The number of ether oxygens (including phenoxy) is 1. The van der Waals surface area contributed by atoms with Gasteiger partial charge >= 0.3 is 5.69 Å². The second-order valence-electron chi connectivity index (χ2n) is 6.08. The monoisotopic (exact) mass is 347 g/mol. The summed E-state index contributed by atoms with van der Waals surface area (Å²) in [6, 6.07) is 15.4. The summed E-state index contributed by atoms with van der Waals surface area (Å²) in [5.74, 6) is 0.405. The fourth-order valence-corrected chi connectivity index (χ4v) is 3.29. The molecular formula is C20H17N3O3. The predicted octanol–water partition coefficient (Wildman–Crippen LogP) is 2.31. The van der Waals surface area contributed by atoms with Crippen molar-refractivity contribution in [2.45, 2.75) is 6.54 Å². The Morgan fingerprint density at radius 1 is 1.04 bits per heavy atom. The molecule has 0 amide bonds. The first kappa shape index (κ1) is 16.1. The SMILES string of the molecule is COc1ccnc2c1c(=O)n(Cc1cccc3ccccc13)c(=O)n2C. The third kappa shape index (κ3) is 2.38. The first-order valence-corrected chi connectivity index (χ1v) is 8.21. The van der Waals surface area contributed by atoms with Crippen LogP contribution in [0.15, 0.2) is 64.3 Å². The number of benzene rings is 2. The van der Waals surface area contributed by atoms with Crippen molar-refractivity contribution in [3.63, 3.8) is 0 Å². The normalized spacial score (nSPS) is 11.2. The minimum Gasteiger partial charge on any atom is -0.496 e. The van der Waals surface area contributed by atoms with Gasteiger partial charge in [0.25, 0.3) is 5.56 Å². The van der Waals surface area contributed by atoms with E-state index in [-0.39, 0.29) is 6.54 Å². The molecule has 26 heavy (non-hydrogen) atoms. The van der Waals surface area contributed by atoms with Gasteiger partial charge in [0.1, 0.15) is 11.1 Å². The fraction of sp³-hybridized carbons (Fsp3) is 0.150. The molecule has 2 heterocycles. The molecule has 0 spiro atoms. The zero-order valence-electron chi connectivity index (χ0n) is 14.5. The summed E-state index contributed by atoms with van der Waals surface area (Å²) >= 11 is 0. The van der Waals surface area contributed by atoms with E-state index in [9.17, 15) is 9.59 Å². The number of nitrogens with zero attached hydrogens (tertiary/aromatic N) is 3. The van der Waals surface area contributed by atoms with Crippen molar-refractivity contribution in [2.24, 2.45) is 7.05 Å². The number of hydrogen-bond donors (Lipinski definition) is 0. The number of methoxy groups -OCH3 is 1. The maximum Gasteiger partial charge on any atom is 0.332 e. The van der Waals surface area contributed by atoms with E-state index in [1.54, 1.807) is 13.1 Å². The van der Waals surface area contributed by atoms with Gasteiger partial charge in [0.05, 0.1) is 13.7 Å². The second kappa shape index (κ2) is 6.15. The molecule has 0 fully saturated rings. The minimum absolute atomic E-state index is 0.181. The number of pyridine rings is 1. The molecule has 0 radical (unpaired) electrons. The molecule has 0 aliphatic carbocycles. The molecule has 0 N–H and O–H groups in total. The highest BCUT2D eigenvalue weighted by molar-refractivity contribution is 5.85. The van der Waals surface area contributed by atoms with Crippen LogP contribution in [0.3, 0.4) is 0 Å². The average molecular weight is 347 g/mol. The van der Waals surface area contributed by atoms with Crippen molar-refractivity contribution in [1.82, 2.24) is 14.1 Å². The van der Waals surface area contributed by atoms with E-state index in [0.717, 1.165) is 16.3 Å². The van der Waals surface area contributed by atoms with E-state index in [1.165, 1.54) is 22.4 Å². The summed E-state index contributed by atoms with van der Waals surface area (Å²) in [4.78, 5) is 30.0. The van der Waals surface area contributed by atoms with Crippen LogP contribution in [-0.4, -0.2) is 21.2 Å². The van der Waals surface area contributed by atoms with E-state index < -0.39 is 11.2 Å². The van der Waals surface area contributed by atoms with Crippen molar-refractivity contribution < 1.29 is 4.74 Å². The maximum absolute atomic E-state index is 13.1. The van der Waals surface area contributed by atoms with Gasteiger partial charge in [0.15, 0.2) is 5.65 Å². The minimum atomic E-state index is -0.406. The Kier molecular flexibility index (Phi) is 3.80. The van der Waals surface area contributed by atoms with Crippen LogP contribution in [0.2, 0.25) is 0 Å². The Labute approximate surface area is 148 Å². The summed E-state index contributed by atoms with van der Waals surface area (Å²) in [6.45, 7) is 0.181. The summed E-state index contributed by atoms with van der Waals surface area (Å²) < 4.78 is 7.92. The zero-order chi connectivity index (χ0) is 18.3. The Morgan fingerprint density at radius 3 is 2.62 bits per heavy atom. The highest BCUT2D eigenvalue weighted by atomic mass is 16.5. The lowest BCUT2D eigenvalue weighted by Crippen LogP contribution is -2.39. The van der Waals surface area contributed by atoms with Crippen LogP contribution < -0.4 is 16.0 Å². The van der Waals surface area contributed by atoms with Crippen LogP contribution in [0.5, 0.6) is 5.75 Å². The number of hydrogen-bond acceptors (Lipinski definition) is 4.